The number of carbonyl (C=O) groups is 1. The van der Waals surface area contributed by atoms with Gasteiger partial charge in [0.25, 0.3) is 0 Å². The number of carbonyl (C=O) groups excluding carboxylic acids is 1. The first kappa shape index (κ1) is 17.6. The lowest BCUT2D eigenvalue weighted by Gasteiger charge is -2.25. The maximum absolute atomic E-state index is 12.0. The highest BCUT2D eigenvalue weighted by Gasteiger charge is 2.27. The minimum atomic E-state index is -0.563. The van der Waals surface area contributed by atoms with E-state index in [1.54, 1.807) is 0 Å². The maximum atomic E-state index is 12.0. The van der Waals surface area contributed by atoms with Gasteiger partial charge >= 0.3 is 0 Å². The SMILES string of the molecule is CC(C)(C)[C@H](N)C(=O)Nc1nc(-c2ccccc2)cs1.Cl. The molecule has 0 saturated heterocycles. The van der Waals surface area contributed by atoms with Crippen LogP contribution in [-0.2, 0) is 4.79 Å². The zero-order valence-electron chi connectivity index (χ0n) is 12.3. The molecule has 114 valence electrons. The van der Waals surface area contributed by atoms with E-state index < -0.39 is 6.04 Å². The molecule has 0 aliphatic heterocycles. The molecule has 0 aliphatic rings. The van der Waals surface area contributed by atoms with Crippen LogP contribution in [0.3, 0.4) is 0 Å². The molecule has 1 atom stereocenters. The molecule has 1 amide bonds. The van der Waals surface area contributed by atoms with Crippen LogP contribution < -0.4 is 11.1 Å². The molecular formula is C15H20ClN3OS. The van der Waals surface area contributed by atoms with E-state index in [-0.39, 0.29) is 23.7 Å². The molecule has 4 nitrogen and oxygen atoms in total. The van der Waals surface area contributed by atoms with Crippen molar-refractivity contribution in [3.8, 4) is 11.3 Å². The number of halogens is 1. The van der Waals surface area contributed by atoms with Gasteiger partial charge in [0, 0.05) is 10.9 Å². The van der Waals surface area contributed by atoms with Crippen LogP contribution in [0.1, 0.15) is 20.8 Å². The van der Waals surface area contributed by atoms with Crippen LogP contribution in [0.5, 0.6) is 0 Å². The Hall–Kier alpha value is -1.43. The van der Waals surface area contributed by atoms with Crippen LogP contribution in [0.15, 0.2) is 35.7 Å². The quantitative estimate of drug-likeness (QED) is 0.906. The Kier molecular flexibility index (Phi) is 5.89. The third-order valence-electron chi connectivity index (χ3n) is 3.02. The lowest BCUT2D eigenvalue weighted by Crippen LogP contribution is -2.45. The molecule has 2 rings (SSSR count). The van der Waals surface area contributed by atoms with Crippen molar-refractivity contribution in [3.63, 3.8) is 0 Å². The first-order chi connectivity index (χ1) is 9.38. The summed E-state index contributed by atoms with van der Waals surface area (Å²) in [4.78, 5) is 16.5. The second kappa shape index (κ2) is 7.02. The Morgan fingerprint density at radius 2 is 1.90 bits per heavy atom. The Balaban J connectivity index is 0.00000220. The van der Waals surface area contributed by atoms with E-state index in [9.17, 15) is 4.79 Å². The second-order valence-corrected chi connectivity index (χ2v) is 6.59. The molecule has 2 aromatic rings. The van der Waals surface area contributed by atoms with Crippen LogP contribution >= 0.6 is 23.7 Å². The molecule has 0 spiro atoms. The topological polar surface area (TPSA) is 68.0 Å². The molecule has 3 N–H and O–H groups in total. The summed E-state index contributed by atoms with van der Waals surface area (Å²) < 4.78 is 0. The summed E-state index contributed by atoms with van der Waals surface area (Å²) in [5.74, 6) is -0.202. The number of thiazole rings is 1. The number of benzene rings is 1. The Morgan fingerprint density at radius 3 is 2.48 bits per heavy atom. The van der Waals surface area contributed by atoms with Crippen molar-refractivity contribution in [2.75, 3.05) is 5.32 Å². The molecule has 6 heteroatoms. The predicted octanol–water partition coefficient (Wildman–Crippen LogP) is 3.54. The molecule has 0 fully saturated rings. The molecule has 1 aromatic heterocycles. The van der Waals surface area contributed by atoms with E-state index in [0.717, 1.165) is 11.3 Å². The fourth-order valence-corrected chi connectivity index (χ4v) is 2.37. The van der Waals surface area contributed by atoms with E-state index >= 15 is 0 Å². The molecule has 0 bridgehead atoms. The van der Waals surface area contributed by atoms with Gasteiger partial charge in [-0.2, -0.15) is 0 Å². The van der Waals surface area contributed by atoms with Crippen LogP contribution in [0.25, 0.3) is 11.3 Å². The zero-order chi connectivity index (χ0) is 14.8. The van der Waals surface area contributed by atoms with Crippen molar-refractivity contribution in [2.45, 2.75) is 26.8 Å². The van der Waals surface area contributed by atoms with Crippen LogP contribution in [0, 0.1) is 5.41 Å². The summed E-state index contributed by atoms with van der Waals surface area (Å²) in [6.45, 7) is 5.82. The Bertz CT molecular complexity index is 592. The van der Waals surface area contributed by atoms with Crippen LogP contribution in [0.2, 0.25) is 0 Å². The minimum Gasteiger partial charge on any atom is -0.319 e. The number of nitrogens with zero attached hydrogens (tertiary/aromatic N) is 1. The monoisotopic (exact) mass is 325 g/mol. The smallest absolute Gasteiger partial charge is 0.243 e. The van der Waals surface area contributed by atoms with Gasteiger partial charge in [0.05, 0.1) is 11.7 Å². The van der Waals surface area contributed by atoms with Crippen molar-refractivity contribution in [3.05, 3.63) is 35.7 Å². The van der Waals surface area contributed by atoms with Gasteiger partial charge in [0.15, 0.2) is 5.13 Å². The fourth-order valence-electron chi connectivity index (χ4n) is 1.65. The maximum Gasteiger partial charge on any atom is 0.243 e. The van der Waals surface area contributed by atoms with Crippen molar-refractivity contribution in [1.82, 2.24) is 4.98 Å². The number of aromatic nitrogens is 1. The molecule has 0 saturated carbocycles. The standard InChI is InChI=1S/C15H19N3OS.ClH/c1-15(2,3)12(16)13(19)18-14-17-11(9-20-14)10-7-5-4-6-8-10;/h4-9,12H,16H2,1-3H3,(H,17,18,19);1H/t12-;/m1./s1. The molecule has 0 radical (unpaired) electrons. The predicted molar refractivity (Wildman–Crippen MR) is 90.9 cm³/mol. The van der Waals surface area contributed by atoms with Gasteiger partial charge in [-0.3, -0.25) is 4.79 Å². The third kappa shape index (κ3) is 4.52. The highest BCUT2D eigenvalue weighted by molar-refractivity contribution is 7.14. The van der Waals surface area contributed by atoms with E-state index in [0.29, 0.717) is 5.13 Å². The molecule has 21 heavy (non-hydrogen) atoms. The molecule has 0 aliphatic carbocycles. The number of hydrogen-bond acceptors (Lipinski definition) is 4. The van der Waals surface area contributed by atoms with Crippen LogP contribution in [-0.4, -0.2) is 16.9 Å². The van der Waals surface area contributed by atoms with Crippen molar-refractivity contribution < 1.29 is 4.79 Å². The second-order valence-electron chi connectivity index (χ2n) is 5.74. The summed E-state index contributed by atoms with van der Waals surface area (Å²) in [5.41, 5.74) is 7.54. The van der Waals surface area contributed by atoms with Gasteiger partial charge in [0.2, 0.25) is 5.91 Å². The van der Waals surface area contributed by atoms with Gasteiger partial charge in [-0.25, -0.2) is 4.98 Å². The summed E-state index contributed by atoms with van der Waals surface area (Å²) in [5, 5.41) is 5.28. The number of nitrogens with one attached hydrogen (secondary N) is 1. The lowest BCUT2D eigenvalue weighted by molar-refractivity contribution is -0.119. The minimum absolute atomic E-state index is 0. The summed E-state index contributed by atoms with van der Waals surface area (Å²) in [6.07, 6.45) is 0. The number of nitrogens with two attached hydrogens (primary N) is 1. The van der Waals surface area contributed by atoms with Crippen LogP contribution in [0.4, 0.5) is 5.13 Å². The van der Waals surface area contributed by atoms with Crippen molar-refractivity contribution in [1.29, 1.82) is 0 Å². The Morgan fingerprint density at radius 1 is 1.29 bits per heavy atom. The number of anilines is 1. The fraction of sp³-hybridized carbons (Fsp3) is 0.333. The molecule has 1 aromatic carbocycles. The zero-order valence-corrected chi connectivity index (χ0v) is 13.9. The molecule has 0 unspecified atom stereocenters. The first-order valence-electron chi connectivity index (χ1n) is 6.45. The highest BCUT2D eigenvalue weighted by Crippen LogP contribution is 2.25. The van der Waals surface area contributed by atoms with Crippen molar-refractivity contribution in [2.24, 2.45) is 11.1 Å². The van der Waals surface area contributed by atoms with Gasteiger partial charge in [-0.05, 0) is 5.41 Å². The first-order valence-corrected chi connectivity index (χ1v) is 7.33. The summed E-state index contributed by atoms with van der Waals surface area (Å²) in [7, 11) is 0. The molecular weight excluding hydrogens is 306 g/mol. The summed E-state index contributed by atoms with van der Waals surface area (Å²) in [6, 6.07) is 9.29. The van der Waals surface area contributed by atoms with Gasteiger partial charge in [-0.1, -0.05) is 51.1 Å². The largest absolute Gasteiger partial charge is 0.319 e. The summed E-state index contributed by atoms with van der Waals surface area (Å²) >= 11 is 1.40. The number of rotatable bonds is 3. The average Bonchev–Trinajstić information content (AvgIpc) is 2.86. The van der Waals surface area contributed by atoms with E-state index in [1.165, 1.54) is 11.3 Å². The molecule has 1 heterocycles. The van der Waals surface area contributed by atoms with E-state index in [4.69, 9.17) is 5.73 Å². The normalized spacial score (nSPS) is 12.4. The van der Waals surface area contributed by atoms with Gasteiger partial charge in [-0.15, -0.1) is 23.7 Å². The average molecular weight is 326 g/mol. The Labute approximate surface area is 135 Å². The number of hydrogen-bond donors (Lipinski definition) is 2. The van der Waals surface area contributed by atoms with Gasteiger partial charge in [0.1, 0.15) is 0 Å². The van der Waals surface area contributed by atoms with Crippen molar-refractivity contribution >= 4 is 34.8 Å². The lowest BCUT2D eigenvalue weighted by atomic mass is 9.87. The highest BCUT2D eigenvalue weighted by atomic mass is 35.5. The number of amides is 1. The van der Waals surface area contributed by atoms with E-state index in [2.05, 4.69) is 10.3 Å². The van der Waals surface area contributed by atoms with E-state index in [1.807, 2.05) is 56.5 Å². The third-order valence-corrected chi connectivity index (χ3v) is 3.78. The van der Waals surface area contributed by atoms with Gasteiger partial charge < -0.3 is 11.1 Å².